The second-order valence-electron chi connectivity index (χ2n) is 4.95. The standard InChI is InChI=1S/C17H16N2S/c1-13-7-9-14(10-8-13)12-19-17(20)11-16(18-19)15-5-3-2-4-6-15/h2-11,18H,12H2,1H3. The molecule has 3 rings (SSSR count). The number of H-pyrrole nitrogens is 1. The molecular formula is C17H16N2S. The summed E-state index contributed by atoms with van der Waals surface area (Å²) >= 11 is 5.43. The van der Waals surface area contributed by atoms with Crippen LogP contribution in [0.3, 0.4) is 0 Å². The van der Waals surface area contributed by atoms with Crippen LogP contribution in [0, 0.1) is 11.6 Å². The van der Waals surface area contributed by atoms with Crippen molar-refractivity contribution >= 4 is 12.2 Å². The maximum atomic E-state index is 5.43. The Morgan fingerprint density at radius 3 is 2.40 bits per heavy atom. The van der Waals surface area contributed by atoms with E-state index in [-0.39, 0.29) is 0 Å². The average Bonchev–Trinajstić information content (AvgIpc) is 2.84. The van der Waals surface area contributed by atoms with Crippen LogP contribution in [0.25, 0.3) is 11.3 Å². The molecule has 2 nitrogen and oxygen atoms in total. The molecule has 0 aliphatic heterocycles. The third-order valence-corrected chi connectivity index (χ3v) is 3.67. The molecule has 0 aliphatic rings. The van der Waals surface area contributed by atoms with Gasteiger partial charge in [0.25, 0.3) is 0 Å². The van der Waals surface area contributed by atoms with Crippen molar-refractivity contribution in [2.45, 2.75) is 13.5 Å². The van der Waals surface area contributed by atoms with Crippen molar-refractivity contribution in [3.05, 3.63) is 76.4 Å². The lowest BCUT2D eigenvalue weighted by Crippen LogP contribution is -2.01. The van der Waals surface area contributed by atoms with Crippen LogP contribution in [0.4, 0.5) is 0 Å². The van der Waals surface area contributed by atoms with E-state index in [1.54, 1.807) is 0 Å². The number of hydrogen-bond donors (Lipinski definition) is 1. The summed E-state index contributed by atoms with van der Waals surface area (Å²) in [6, 6.07) is 20.8. The molecular weight excluding hydrogens is 264 g/mol. The van der Waals surface area contributed by atoms with Crippen molar-refractivity contribution in [3.63, 3.8) is 0 Å². The highest BCUT2D eigenvalue weighted by atomic mass is 32.1. The average molecular weight is 280 g/mol. The molecule has 3 aromatic rings. The maximum Gasteiger partial charge on any atom is 0.122 e. The van der Waals surface area contributed by atoms with E-state index in [1.165, 1.54) is 11.1 Å². The van der Waals surface area contributed by atoms with E-state index in [0.29, 0.717) is 0 Å². The largest absolute Gasteiger partial charge is 0.297 e. The van der Waals surface area contributed by atoms with Gasteiger partial charge in [0.1, 0.15) is 4.64 Å². The first-order valence-electron chi connectivity index (χ1n) is 6.63. The lowest BCUT2D eigenvalue weighted by Gasteiger charge is -2.04. The van der Waals surface area contributed by atoms with Gasteiger partial charge in [-0.05, 0) is 24.1 Å². The second-order valence-corrected chi connectivity index (χ2v) is 5.36. The molecule has 0 radical (unpaired) electrons. The normalized spacial score (nSPS) is 10.7. The van der Waals surface area contributed by atoms with E-state index in [1.807, 2.05) is 28.9 Å². The van der Waals surface area contributed by atoms with Gasteiger partial charge in [-0.15, -0.1) is 0 Å². The van der Waals surface area contributed by atoms with Crippen molar-refractivity contribution in [1.82, 2.24) is 9.78 Å². The molecule has 1 heterocycles. The molecule has 0 fully saturated rings. The van der Waals surface area contributed by atoms with Crippen LogP contribution in [0.1, 0.15) is 11.1 Å². The number of nitrogens with one attached hydrogen (secondary N) is 1. The Labute approximate surface area is 123 Å². The Hall–Kier alpha value is -2.13. The Balaban J connectivity index is 1.90. The lowest BCUT2D eigenvalue weighted by molar-refractivity contribution is 0.680. The smallest absolute Gasteiger partial charge is 0.122 e. The number of aryl methyl sites for hydroxylation is 1. The zero-order valence-electron chi connectivity index (χ0n) is 11.3. The highest BCUT2D eigenvalue weighted by molar-refractivity contribution is 7.71. The first kappa shape index (κ1) is 12.9. The summed E-state index contributed by atoms with van der Waals surface area (Å²) in [5, 5.41) is 3.37. The fraction of sp³-hybridized carbons (Fsp3) is 0.118. The third-order valence-electron chi connectivity index (χ3n) is 3.34. The van der Waals surface area contributed by atoms with Crippen LogP contribution in [0.15, 0.2) is 60.7 Å². The third kappa shape index (κ3) is 2.73. The summed E-state index contributed by atoms with van der Waals surface area (Å²) in [7, 11) is 0. The minimum Gasteiger partial charge on any atom is -0.297 e. The molecule has 0 saturated carbocycles. The Morgan fingerprint density at radius 1 is 1.00 bits per heavy atom. The zero-order valence-corrected chi connectivity index (χ0v) is 12.2. The molecule has 0 saturated heterocycles. The number of aromatic amines is 1. The van der Waals surface area contributed by atoms with Crippen LogP contribution in [-0.4, -0.2) is 9.78 Å². The fourth-order valence-electron chi connectivity index (χ4n) is 2.19. The van der Waals surface area contributed by atoms with Crippen molar-refractivity contribution in [3.8, 4) is 11.3 Å². The minimum atomic E-state index is 0.770. The minimum absolute atomic E-state index is 0.770. The molecule has 1 aromatic heterocycles. The highest BCUT2D eigenvalue weighted by Gasteiger charge is 2.03. The van der Waals surface area contributed by atoms with Gasteiger partial charge in [0.15, 0.2) is 0 Å². The highest BCUT2D eigenvalue weighted by Crippen LogP contribution is 2.17. The lowest BCUT2D eigenvalue weighted by atomic mass is 10.1. The van der Waals surface area contributed by atoms with Gasteiger partial charge in [0.05, 0.1) is 12.2 Å². The molecule has 2 aromatic carbocycles. The second kappa shape index (κ2) is 5.47. The quantitative estimate of drug-likeness (QED) is 0.697. The van der Waals surface area contributed by atoms with Crippen LogP contribution < -0.4 is 0 Å². The van der Waals surface area contributed by atoms with E-state index in [9.17, 15) is 0 Å². The molecule has 3 heteroatoms. The SMILES string of the molecule is Cc1ccc(Cn2[nH]c(-c3ccccc3)cc2=S)cc1. The predicted octanol–water partition coefficient (Wildman–Crippen LogP) is 4.57. The first-order valence-corrected chi connectivity index (χ1v) is 7.04. The summed E-state index contributed by atoms with van der Waals surface area (Å²) in [5.41, 5.74) is 4.73. The number of aromatic nitrogens is 2. The van der Waals surface area contributed by atoms with Crippen molar-refractivity contribution in [2.24, 2.45) is 0 Å². The van der Waals surface area contributed by atoms with E-state index in [2.05, 4.69) is 48.4 Å². The molecule has 1 N–H and O–H groups in total. The van der Waals surface area contributed by atoms with E-state index in [4.69, 9.17) is 12.2 Å². The molecule has 100 valence electrons. The molecule has 0 unspecified atom stereocenters. The Bertz CT molecular complexity index is 752. The fourth-order valence-corrected chi connectivity index (χ4v) is 2.42. The van der Waals surface area contributed by atoms with Crippen molar-refractivity contribution < 1.29 is 0 Å². The zero-order chi connectivity index (χ0) is 13.9. The summed E-state index contributed by atoms with van der Waals surface area (Å²) in [4.78, 5) is 0. The van der Waals surface area contributed by atoms with Crippen molar-refractivity contribution in [1.29, 1.82) is 0 Å². The number of benzene rings is 2. The van der Waals surface area contributed by atoms with Gasteiger partial charge < -0.3 is 0 Å². The Kier molecular flexibility index (Phi) is 3.52. The van der Waals surface area contributed by atoms with Gasteiger partial charge in [-0.3, -0.25) is 9.78 Å². The molecule has 0 aliphatic carbocycles. The van der Waals surface area contributed by atoms with Crippen molar-refractivity contribution in [2.75, 3.05) is 0 Å². The maximum absolute atomic E-state index is 5.43. The molecule has 0 amide bonds. The predicted molar refractivity (Wildman–Crippen MR) is 85.3 cm³/mol. The monoisotopic (exact) mass is 280 g/mol. The molecule has 20 heavy (non-hydrogen) atoms. The van der Waals surface area contributed by atoms with Gasteiger partial charge in [-0.2, -0.15) is 0 Å². The van der Waals surface area contributed by atoms with Gasteiger partial charge in [0, 0.05) is 0 Å². The number of hydrogen-bond acceptors (Lipinski definition) is 1. The summed E-state index contributed by atoms with van der Waals surface area (Å²) in [6.07, 6.45) is 0. The number of nitrogens with zero attached hydrogens (tertiary/aromatic N) is 1. The topological polar surface area (TPSA) is 20.7 Å². The summed E-state index contributed by atoms with van der Waals surface area (Å²) < 4.78 is 2.83. The molecule has 0 spiro atoms. The summed E-state index contributed by atoms with van der Waals surface area (Å²) in [5.74, 6) is 0. The van der Waals surface area contributed by atoms with E-state index >= 15 is 0 Å². The Morgan fingerprint density at radius 2 is 1.70 bits per heavy atom. The van der Waals surface area contributed by atoms with Crippen LogP contribution in [0.2, 0.25) is 0 Å². The van der Waals surface area contributed by atoms with Crippen LogP contribution in [-0.2, 0) is 6.54 Å². The van der Waals surface area contributed by atoms with E-state index < -0.39 is 0 Å². The molecule has 0 bridgehead atoms. The van der Waals surface area contributed by atoms with Gasteiger partial charge >= 0.3 is 0 Å². The van der Waals surface area contributed by atoms with Crippen LogP contribution >= 0.6 is 12.2 Å². The van der Waals surface area contributed by atoms with Gasteiger partial charge in [-0.1, -0.05) is 72.4 Å². The van der Waals surface area contributed by atoms with Crippen LogP contribution in [0.5, 0.6) is 0 Å². The summed E-state index contributed by atoms with van der Waals surface area (Å²) in [6.45, 7) is 2.86. The van der Waals surface area contributed by atoms with Gasteiger partial charge in [0.2, 0.25) is 0 Å². The van der Waals surface area contributed by atoms with Gasteiger partial charge in [-0.25, -0.2) is 0 Å². The number of rotatable bonds is 3. The molecule has 0 atom stereocenters. The first-order chi connectivity index (χ1) is 9.72. The van der Waals surface area contributed by atoms with E-state index in [0.717, 1.165) is 22.4 Å².